The van der Waals surface area contributed by atoms with Crippen molar-refractivity contribution in [2.75, 3.05) is 13.7 Å². The molecule has 3 aliphatic carbocycles. The van der Waals surface area contributed by atoms with Crippen molar-refractivity contribution in [3.63, 3.8) is 0 Å². The fraction of sp³-hybridized carbons (Fsp3) is 0.731. The van der Waals surface area contributed by atoms with Crippen molar-refractivity contribution in [3.8, 4) is 5.75 Å². The van der Waals surface area contributed by atoms with E-state index < -0.39 is 24.2 Å². The van der Waals surface area contributed by atoms with Crippen LogP contribution in [-0.4, -0.2) is 67.0 Å². The summed E-state index contributed by atoms with van der Waals surface area (Å²) < 4.78 is 5.53. The molecule has 34 heavy (non-hydrogen) atoms. The van der Waals surface area contributed by atoms with Gasteiger partial charge in [-0.1, -0.05) is 43.9 Å². The number of fused-ring (bicyclic) bond motifs is 2. The molecule has 1 amide bonds. The highest BCUT2D eigenvalue weighted by Gasteiger charge is 2.57. The minimum absolute atomic E-state index is 0.0955. The summed E-state index contributed by atoms with van der Waals surface area (Å²) in [5.74, 6) is 1.41. The zero-order valence-electron chi connectivity index (χ0n) is 21.2. The number of ether oxygens (including phenoxy) is 1. The van der Waals surface area contributed by atoms with Crippen LogP contribution in [0.5, 0.6) is 5.75 Å². The minimum atomic E-state index is -0.835. The van der Waals surface area contributed by atoms with Gasteiger partial charge in [-0.05, 0) is 49.9 Å². The first-order chi connectivity index (χ1) is 16.0. The molecule has 0 spiro atoms. The molecule has 2 radical (unpaired) electrons. The number of aliphatic hydroxyl groups is 2. The van der Waals surface area contributed by atoms with Crippen molar-refractivity contribution >= 4 is 19.2 Å². The van der Waals surface area contributed by atoms with E-state index >= 15 is 0 Å². The number of benzene rings is 1. The number of rotatable bonds is 7. The van der Waals surface area contributed by atoms with E-state index in [-0.39, 0.29) is 25.1 Å². The summed E-state index contributed by atoms with van der Waals surface area (Å²) in [5.41, 5.74) is 2.60. The lowest BCUT2D eigenvalue weighted by atomic mass is 9.45. The fourth-order valence-corrected chi connectivity index (χ4v) is 6.90. The molecule has 3 N–H and O–H groups in total. The highest BCUT2D eigenvalue weighted by molar-refractivity contribution is 6.34. The third-order valence-corrected chi connectivity index (χ3v) is 8.93. The van der Waals surface area contributed by atoms with Crippen LogP contribution in [0.1, 0.15) is 51.7 Å². The average Bonchev–Trinajstić information content (AvgIpc) is 3.13. The molecule has 8 heteroatoms. The number of methoxy groups -OCH3 is 1. The van der Waals surface area contributed by atoms with Gasteiger partial charge in [0.1, 0.15) is 25.7 Å². The monoisotopic (exact) mass is 470 g/mol. The number of aliphatic hydroxyl groups excluding tert-OH is 2. The number of carbonyl (C=O) groups is 1. The van der Waals surface area contributed by atoms with Gasteiger partial charge in [-0.3, -0.25) is 9.63 Å². The summed E-state index contributed by atoms with van der Waals surface area (Å²) in [5, 5.41) is 25.4. The predicted molar refractivity (Wildman–Crippen MR) is 131 cm³/mol. The maximum atomic E-state index is 13.7. The highest BCUT2D eigenvalue weighted by Crippen LogP contribution is 2.61. The Bertz CT molecular complexity index is 923. The Morgan fingerprint density at radius 2 is 2.09 bits per heavy atom. The molecule has 1 aromatic carbocycles. The summed E-state index contributed by atoms with van der Waals surface area (Å²) in [6.07, 6.45) is 0.685. The molecular formula is C26H39BN2O5. The molecule has 1 aromatic rings. The topological polar surface area (TPSA) is 91.3 Å². The molecule has 3 saturated carbocycles. The maximum Gasteiger partial charge on any atom is 0.240 e. The van der Waals surface area contributed by atoms with Gasteiger partial charge >= 0.3 is 0 Å². The number of nitrogens with zero attached hydrogens (tertiary/aromatic N) is 1. The third kappa shape index (κ3) is 4.27. The molecular weight excluding hydrogens is 431 g/mol. The van der Waals surface area contributed by atoms with Gasteiger partial charge in [0, 0.05) is 17.5 Å². The Hall–Kier alpha value is -1.61. The number of carbonyl (C=O) groups excluding carboxylic acids is 1. The van der Waals surface area contributed by atoms with Crippen molar-refractivity contribution in [2.45, 2.75) is 78.3 Å². The van der Waals surface area contributed by atoms with Crippen LogP contribution in [-0.2, 0) is 16.2 Å². The molecule has 0 unspecified atom stereocenters. The summed E-state index contributed by atoms with van der Waals surface area (Å²) in [4.78, 5) is 19.8. The van der Waals surface area contributed by atoms with Gasteiger partial charge in [-0.2, -0.15) is 5.06 Å². The standard InChI is InChI=1S/C26H39BN2O5/c1-13-7-16(24(33-6)19(27)8-13)11-29-23(22(15(3)31)21(12-30)34-29)25(32)28-20-10-17-9-18(14(20)2)26(17,4)5/h7-8,14-15,17-18,20-23,30-31H,9-12H2,1-6H3,(H,28,32)/t14-,15-,17+,18-,20-,21-,22+,23-/m0/s1. The van der Waals surface area contributed by atoms with E-state index in [1.54, 1.807) is 19.1 Å². The maximum absolute atomic E-state index is 13.7. The lowest BCUT2D eigenvalue weighted by Crippen LogP contribution is -2.62. The van der Waals surface area contributed by atoms with Gasteiger partial charge in [0.25, 0.3) is 0 Å². The number of nitrogens with one attached hydrogen (secondary N) is 1. The Morgan fingerprint density at radius 1 is 1.38 bits per heavy atom. The quantitative estimate of drug-likeness (QED) is 0.523. The van der Waals surface area contributed by atoms with Crippen molar-refractivity contribution in [3.05, 3.63) is 23.3 Å². The summed E-state index contributed by atoms with van der Waals surface area (Å²) in [7, 11) is 7.73. The van der Waals surface area contributed by atoms with Crippen LogP contribution in [0, 0.1) is 36.0 Å². The van der Waals surface area contributed by atoms with Crippen LogP contribution in [0.3, 0.4) is 0 Å². The first-order valence-corrected chi connectivity index (χ1v) is 12.4. The summed E-state index contributed by atoms with van der Waals surface area (Å²) >= 11 is 0. The van der Waals surface area contributed by atoms with Gasteiger partial charge in [0.2, 0.25) is 5.91 Å². The highest BCUT2D eigenvalue weighted by atomic mass is 16.7. The first-order valence-electron chi connectivity index (χ1n) is 12.4. The number of amides is 1. The summed E-state index contributed by atoms with van der Waals surface area (Å²) in [6.45, 7) is 10.4. The van der Waals surface area contributed by atoms with Gasteiger partial charge < -0.3 is 20.3 Å². The van der Waals surface area contributed by atoms with E-state index in [9.17, 15) is 15.0 Å². The number of hydrogen-bond acceptors (Lipinski definition) is 6. The number of hydrogen-bond donors (Lipinski definition) is 3. The van der Waals surface area contributed by atoms with Crippen LogP contribution in [0.25, 0.3) is 0 Å². The lowest BCUT2D eigenvalue weighted by Gasteiger charge is -2.62. The van der Waals surface area contributed by atoms with E-state index in [1.807, 2.05) is 19.1 Å². The van der Waals surface area contributed by atoms with E-state index in [1.165, 1.54) is 6.42 Å². The Morgan fingerprint density at radius 3 is 2.65 bits per heavy atom. The van der Waals surface area contributed by atoms with Crippen molar-refractivity contribution < 1.29 is 24.6 Å². The molecule has 0 aromatic heterocycles. The van der Waals surface area contributed by atoms with Gasteiger partial charge in [-0.15, -0.1) is 0 Å². The minimum Gasteiger partial charge on any atom is -0.497 e. The predicted octanol–water partition coefficient (Wildman–Crippen LogP) is 1.46. The molecule has 4 aliphatic rings. The fourth-order valence-electron chi connectivity index (χ4n) is 6.90. The SMILES string of the molecule is [B]c1cc(C)cc(CN2O[C@@H](CO)[C@@H]([C@H](C)O)[C@H]2C(=O)N[C@H]2C[C@H]3C[C@@H]([C@@H]2C)C3(C)C)c1OC. The Kier molecular flexibility index (Phi) is 7.09. The lowest BCUT2D eigenvalue weighted by molar-refractivity contribution is -0.183. The van der Waals surface area contributed by atoms with Crippen molar-refractivity contribution in [2.24, 2.45) is 29.1 Å². The summed E-state index contributed by atoms with van der Waals surface area (Å²) in [6, 6.07) is 3.14. The van der Waals surface area contributed by atoms with Crippen molar-refractivity contribution in [1.82, 2.24) is 10.4 Å². The zero-order valence-corrected chi connectivity index (χ0v) is 21.2. The smallest absolute Gasteiger partial charge is 0.240 e. The second kappa shape index (κ2) is 9.45. The molecule has 4 fully saturated rings. The number of hydroxylamine groups is 2. The largest absolute Gasteiger partial charge is 0.497 e. The van der Waals surface area contributed by atoms with E-state index in [4.69, 9.17) is 17.4 Å². The van der Waals surface area contributed by atoms with Crippen molar-refractivity contribution in [1.29, 1.82) is 0 Å². The van der Waals surface area contributed by atoms with E-state index in [0.29, 0.717) is 34.4 Å². The van der Waals surface area contributed by atoms with Crippen LogP contribution in [0.4, 0.5) is 0 Å². The molecule has 186 valence electrons. The average molecular weight is 470 g/mol. The van der Waals surface area contributed by atoms with Gasteiger partial charge in [-0.25, -0.2) is 0 Å². The van der Waals surface area contributed by atoms with Crippen LogP contribution < -0.4 is 15.5 Å². The van der Waals surface area contributed by atoms with E-state index in [2.05, 4.69) is 26.1 Å². The van der Waals surface area contributed by atoms with Crippen LogP contribution in [0.15, 0.2) is 12.1 Å². The molecule has 8 atom stereocenters. The second-order valence-electron chi connectivity index (χ2n) is 11.3. The molecule has 5 rings (SSSR count). The molecule has 7 nitrogen and oxygen atoms in total. The Labute approximate surface area is 204 Å². The molecule has 1 aliphatic heterocycles. The third-order valence-electron chi connectivity index (χ3n) is 8.93. The molecule has 1 saturated heterocycles. The normalized spacial score (nSPS) is 35.5. The van der Waals surface area contributed by atoms with Crippen LogP contribution >= 0.6 is 0 Å². The van der Waals surface area contributed by atoms with Gasteiger partial charge in [0.05, 0.1) is 26.4 Å². The zero-order chi connectivity index (χ0) is 24.9. The first kappa shape index (κ1) is 25.5. The molecule has 1 heterocycles. The second-order valence-corrected chi connectivity index (χ2v) is 11.3. The number of aryl methyl sites for hydroxylation is 1. The Balaban J connectivity index is 1.59. The van der Waals surface area contributed by atoms with Gasteiger partial charge in [0.15, 0.2) is 0 Å². The van der Waals surface area contributed by atoms with E-state index in [0.717, 1.165) is 17.5 Å². The molecule has 2 bridgehead atoms. The van der Waals surface area contributed by atoms with Crippen LogP contribution in [0.2, 0.25) is 0 Å².